The van der Waals surface area contributed by atoms with Gasteiger partial charge in [-0.15, -0.1) is 10.2 Å². The number of phenolic OH excluding ortho intramolecular Hbond substituents is 1. The van der Waals surface area contributed by atoms with Gasteiger partial charge >= 0.3 is 0 Å². The molecule has 0 aliphatic rings. The first-order chi connectivity index (χ1) is 25.1. The number of nitrogens with one attached hydrogen (secondary N) is 2. The highest BCUT2D eigenvalue weighted by atomic mass is 35.5. The maximum atomic E-state index is 12.5. The quantitative estimate of drug-likeness (QED) is 0.0454. The van der Waals surface area contributed by atoms with Crippen LogP contribution in [0.25, 0.3) is 21.5 Å². The second-order valence-electron chi connectivity index (χ2n) is 12.0. The average molecular weight is 815 g/mol. The molecule has 0 fully saturated rings. The van der Waals surface area contributed by atoms with Gasteiger partial charge in [-0.2, -0.15) is 40.2 Å². The number of nitrogens with two attached hydrogens (primary N) is 1. The standard InChI is InChI=1S/C32H27ClN8O10S3/c1-14-6-18-9-16(3)28(34)29(27(18)24(42)7-14)41-40-22-5-4-19(11-26(22)54(49,50)51)35-31-37-30(33)38-32(39-31)36-23-13-21-17(8-15(23)2)10-20(52(43,44)45)12-25(21)53(46,47)48/h4-13,42H,34H2,1-3H3,(H,43,44,45)(H,46,47,48)(H,49,50,51)(H2,35,36,37,38,39). The van der Waals surface area contributed by atoms with Crippen LogP contribution >= 0.6 is 11.6 Å². The molecule has 0 radical (unpaired) electrons. The highest BCUT2D eigenvalue weighted by Gasteiger charge is 2.22. The Kier molecular flexibility index (Phi) is 9.69. The Morgan fingerprint density at radius 2 is 1.35 bits per heavy atom. The zero-order valence-corrected chi connectivity index (χ0v) is 31.1. The van der Waals surface area contributed by atoms with Crippen LogP contribution in [0.1, 0.15) is 16.7 Å². The molecule has 54 heavy (non-hydrogen) atoms. The summed E-state index contributed by atoms with van der Waals surface area (Å²) < 4.78 is 102. The predicted octanol–water partition coefficient (Wildman–Crippen LogP) is 6.69. The molecule has 0 unspecified atom stereocenters. The summed E-state index contributed by atoms with van der Waals surface area (Å²) in [6.45, 7) is 5.11. The summed E-state index contributed by atoms with van der Waals surface area (Å²) in [4.78, 5) is 9.98. The first-order valence-corrected chi connectivity index (χ1v) is 19.8. The molecule has 5 aromatic carbocycles. The predicted molar refractivity (Wildman–Crippen MR) is 200 cm³/mol. The summed E-state index contributed by atoms with van der Waals surface area (Å²) in [6.07, 6.45) is 0. The van der Waals surface area contributed by atoms with Crippen LogP contribution in [0.15, 0.2) is 85.6 Å². The Morgan fingerprint density at radius 3 is 2.00 bits per heavy atom. The molecule has 0 bridgehead atoms. The van der Waals surface area contributed by atoms with E-state index in [0.29, 0.717) is 28.0 Å². The van der Waals surface area contributed by atoms with E-state index in [0.717, 1.165) is 17.7 Å². The van der Waals surface area contributed by atoms with Crippen LogP contribution in [0.3, 0.4) is 0 Å². The zero-order chi connectivity index (χ0) is 39.5. The van der Waals surface area contributed by atoms with E-state index in [1.54, 1.807) is 26.8 Å². The van der Waals surface area contributed by atoms with Crippen molar-refractivity contribution in [3.63, 3.8) is 0 Å². The number of anilines is 5. The zero-order valence-electron chi connectivity index (χ0n) is 27.9. The Morgan fingerprint density at radius 1 is 0.704 bits per heavy atom. The lowest BCUT2D eigenvalue weighted by molar-refractivity contribution is 0.479. The van der Waals surface area contributed by atoms with Gasteiger partial charge in [0, 0.05) is 16.8 Å². The lowest BCUT2D eigenvalue weighted by Crippen LogP contribution is -2.07. The van der Waals surface area contributed by atoms with E-state index >= 15 is 0 Å². The van der Waals surface area contributed by atoms with Gasteiger partial charge in [-0.1, -0.05) is 6.07 Å². The molecule has 0 saturated heterocycles. The SMILES string of the molecule is Cc1cc(O)c2c(N=Nc3ccc(Nc4nc(Cl)nc(Nc5cc6c(S(=O)(=O)O)cc(S(=O)(=O)O)cc6cc5C)n4)cc3S(=O)(=O)O)c(N)c(C)cc2c1. The Bertz CT molecular complexity index is 2950. The van der Waals surface area contributed by atoms with E-state index in [-0.39, 0.29) is 62.1 Å². The third-order valence-corrected chi connectivity index (χ3v) is 10.8. The lowest BCUT2D eigenvalue weighted by Gasteiger charge is -2.14. The summed E-state index contributed by atoms with van der Waals surface area (Å²) in [5, 5.41) is 25.0. The summed E-state index contributed by atoms with van der Waals surface area (Å²) in [6, 6.07) is 13.0. The number of nitrogens with zero attached hydrogens (tertiary/aromatic N) is 5. The average Bonchev–Trinajstić information content (AvgIpc) is 3.03. The summed E-state index contributed by atoms with van der Waals surface area (Å²) in [5.41, 5.74) is 8.32. The third kappa shape index (κ3) is 7.87. The summed E-state index contributed by atoms with van der Waals surface area (Å²) in [5.74, 6) is -0.518. The first-order valence-electron chi connectivity index (χ1n) is 15.1. The molecular weight excluding hydrogens is 788 g/mol. The van der Waals surface area contributed by atoms with Gasteiger partial charge in [0.15, 0.2) is 0 Å². The van der Waals surface area contributed by atoms with E-state index in [1.807, 2.05) is 6.07 Å². The minimum atomic E-state index is -4.98. The van der Waals surface area contributed by atoms with Crippen molar-refractivity contribution in [1.82, 2.24) is 15.0 Å². The molecule has 6 rings (SSSR count). The third-order valence-electron chi connectivity index (χ3n) is 8.00. The highest BCUT2D eigenvalue weighted by molar-refractivity contribution is 7.87. The molecule has 0 saturated carbocycles. The number of rotatable bonds is 9. The summed E-state index contributed by atoms with van der Waals surface area (Å²) >= 11 is 6.15. The van der Waals surface area contributed by atoms with Crippen molar-refractivity contribution in [3.8, 4) is 5.75 Å². The van der Waals surface area contributed by atoms with Gasteiger partial charge in [-0.3, -0.25) is 13.7 Å². The van der Waals surface area contributed by atoms with Crippen molar-refractivity contribution in [3.05, 3.63) is 82.6 Å². The number of nitrogen functional groups attached to an aromatic ring is 1. The fourth-order valence-electron chi connectivity index (χ4n) is 5.56. The van der Waals surface area contributed by atoms with Crippen molar-refractivity contribution in [2.24, 2.45) is 10.2 Å². The van der Waals surface area contributed by atoms with Crippen molar-refractivity contribution in [2.75, 3.05) is 16.4 Å². The molecule has 8 N–H and O–H groups in total. The van der Waals surface area contributed by atoms with E-state index in [9.17, 15) is 44.0 Å². The second-order valence-corrected chi connectivity index (χ2v) is 16.5. The normalized spacial score (nSPS) is 12.5. The second kappa shape index (κ2) is 13.7. The molecule has 0 spiro atoms. The van der Waals surface area contributed by atoms with Gasteiger partial charge in [-0.05, 0) is 114 Å². The van der Waals surface area contributed by atoms with Crippen LogP contribution in [-0.2, 0) is 30.4 Å². The van der Waals surface area contributed by atoms with E-state index in [1.165, 1.54) is 30.3 Å². The van der Waals surface area contributed by atoms with Crippen molar-refractivity contribution < 1.29 is 44.0 Å². The van der Waals surface area contributed by atoms with Crippen molar-refractivity contribution in [2.45, 2.75) is 35.5 Å². The number of hydrogen-bond donors (Lipinski definition) is 7. The number of fused-ring (bicyclic) bond motifs is 2. The van der Waals surface area contributed by atoms with E-state index in [2.05, 4.69) is 35.8 Å². The van der Waals surface area contributed by atoms with Crippen LogP contribution in [0.2, 0.25) is 5.28 Å². The number of aromatic nitrogens is 3. The van der Waals surface area contributed by atoms with Crippen molar-refractivity contribution in [1.29, 1.82) is 0 Å². The lowest BCUT2D eigenvalue weighted by atomic mass is 10.0. The molecule has 22 heteroatoms. The van der Waals surface area contributed by atoms with E-state index < -0.39 is 45.0 Å². The fourth-order valence-corrected chi connectivity index (χ4v) is 7.72. The number of aromatic hydroxyl groups is 1. The van der Waals surface area contributed by atoms with Gasteiger partial charge in [0.1, 0.15) is 26.9 Å². The van der Waals surface area contributed by atoms with Crippen LogP contribution in [-0.4, -0.2) is 59.0 Å². The van der Waals surface area contributed by atoms with Gasteiger partial charge in [0.2, 0.25) is 17.2 Å². The molecular formula is C32H27ClN8O10S3. The first kappa shape index (κ1) is 38.2. The van der Waals surface area contributed by atoms with Crippen LogP contribution in [0.4, 0.5) is 40.3 Å². The van der Waals surface area contributed by atoms with Gasteiger partial charge < -0.3 is 21.5 Å². The summed E-state index contributed by atoms with van der Waals surface area (Å²) in [7, 11) is -14.7. The van der Waals surface area contributed by atoms with Gasteiger partial charge in [0.05, 0.1) is 16.0 Å². The maximum absolute atomic E-state index is 12.5. The minimum Gasteiger partial charge on any atom is -0.507 e. The molecule has 1 heterocycles. The number of hydrogen-bond acceptors (Lipinski definition) is 15. The van der Waals surface area contributed by atoms with Crippen LogP contribution in [0.5, 0.6) is 5.75 Å². The van der Waals surface area contributed by atoms with Crippen LogP contribution < -0.4 is 16.4 Å². The molecule has 0 atom stereocenters. The number of halogens is 1. The molecule has 0 amide bonds. The molecule has 6 aromatic rings. The topological polar surface area (TPSA) is 297 Å². The number of aryl methyl sites for hydroxylation is 3. The number of benzene rings is 5. The molecule has 18 nitrogen and oxygen atoms in total. The van der Waals surface area contributed by atoms with Crippen molar-refractivity contribution >= 4 is 104 Å². The smallest absolute Gasteiger partial charge is 0.296 e. The van der Waals surface area contributed by atoms with Gasteiger partial charge in [0.25, 0.3) is 30.4 Å². The minimum absolute atomic E-state index is 0.0396. The molecule has 1 aromatic heterocycles. The molecule has 280 valence electrons. The van der Waals surface area contributed by atoms with E-state index in [4.69, 9.17) is 17.3 Å². The Balaban J connectivity index is 1.35. The Hall–Kier alpha value is -5.55. The van der Waals surface area contributed by atoms with Crippen LogP contribution in [0, 0.1) is 20.8 Å². The Labute approximate surface area is 312 Å². The number of phenols is 1. The largest absolute Gasteiger partial charge is 0.507 e. The maximum Gasteiger partial charge on any atom is 0.296 e. The highest BCUT2D eigenvalue weighted by Crippen LogP contribution is 2.42. The monoisotopic (exact) mass is 814 g/mol. The molecule has 0 aliphatic carbocycles. The van der Waals surface area contributed by atoms with Gasteiger partial charge in [-0.25, -0.2) is 0 Å². The number of azo groups is 1. The molecule has 0 aliphatic heterocycles. The fraction of sp³-hybridized carbons (Fsp3) is 0.0938.